The van der Waals surface area contributed by atoms with Gasteiger partial charge >= 0.3 is 6.03 Å². The maximum absolute atomic E-state index is 13.0. The van der Waals surface area contributed by atoms with E-state index in [1.54, 1.807) is 30.6 Å². The molecule has 1 aromatic heterocycles. The van der Waals surface area contributed by atoms with Gasteiger partial charge in [0.05, 0.1) is 11.7 Å². The highest BCUT2D eigenvalue weighted by molar-refractivity contribution is 6.31. The molecule has 1 aliphatic heterocycles. The lowest BCUT2D eigenvalue weighted by atomic mass is 10.1. The second kappa shape index (κ2) is 8.31. The van der Waals surface area contributed by atoms with Gasteiger partial charge in [0.1, 0.15) is 5.75 Å². The Labute approximate surface area is 168 Å². The summed E-state index contributed by atoms with van der Waals surface area (Å²) in [4.78, 5) is 18.9. The molecule has 2 amide bonds. The molecule has 1 saturated heterocycles. The molecule has 2 aromatic carbocycles. The summed E-state index contributed by atoms with van der Waals surface area (Å²) in [5.74, 6) is 1.24. The molecular weight excluding hydrogens is 374 g/mol. The normalized spacial score (nSPS) is 16.0. The maximum atomic E-state index is 13.0. The first-order chi connectivity index (χ1) is 13.7. The summed E-state index contributed by atoms with van der Waals surface area (Å²) in [5.41, 5.74) is 1.64. The fourth-order valence-electron chi connectivity index (χ4n) is 3.43. The third-order valence-electron chi connectivity index (χ3n) is 4.76. The predicted molar refractivity (Wildman–Crippen MR) is 110 cm³/mol. The van der Waals surface area contributed by atoms with Gasteiger partial charge < -0.3 is 15.0 Å². The van der Waals surface area contributed by atoms with Crippen LogP contribution in [-0.4, -0.2) is 22.5 Å². The van der Waals surface area contributed by atoms with Gasteiger partial charge in [-0.2, -0.15) is 0 Å². The van der Waals surface area contributed by atoms with E-state index in [0.29, 0.717) is 28.8 Å². The number of nitrogens with one attached hydrogen (secondary N) is 1. The number of carbonyl (C=O) groups excluding carboxylic acids is 1. The summed E-state index contributed by atoms with van der Waals surface area (Å²) in [6, 6.07) is 18.4. The van der Waals surface area contributed by atoms with Crippen molar-refractivity contribution in [2.24, 2.45) is 0 Å². The number of para-hydroxylation sites is 1. The number of hydrogen-bond donors (Lipinski definition) is 1. The van der Waals surface area contributed by atoms with E-state index in [1.807, 2.05) is 47.4 Å². The first-order valence-corrected chi connectivity index (χ1v) is 9.58. The van der Waals surface area contributed by atoms with Crippen molar-refractivity contribution in [3.05, 3.63) is 83.6 Å². The van der Waals surface area contributed by atoms with Crippen LogP contribution >= 0.6 is 11.6 Å². The minimum absolute atomic E-state index is 0.0423. The first-order valence-electron chi connectivity index (χ1n) is 9.21. The van der Waals surface area contributed by atoms with Gasteiger partial charge in [-0.25, -0.2) is 4.79 Å². The minimum atomic E-state index is -0.167. The van der Waals surface area contributed by atoms with E-state index in [1.165, 1.54) is 0 Å². The Morgan fingerprint density at radius 3 is 2.68 bits per heavy atom. The SMILES string of the molecule is O=C(Nc1cc(Cl)ccc1Oc1ccccc1)N1CCC[C@@H]1c1ccncc1. The number of hydrogen-bond acceptors (Lipinski definition) is 3. The van der Waals surface area contributed by atoms with E-state index in [4.69, 9.17) is 16.3 Å². The van der Waals surface area contributed by atoms with E-state index in [9.17, 15) is 4.79 Å². The Morgan fingerprint density at radius 1 is 1.11 bits per heavy atom. The molecule has 1 aliphatic rings. The molecule has 3 aromatic rings. The number of anilines is 1. The average Bonchev–Trinajstić information content (AvgIpc) is 3.22. The van der Waals surface area contributed by atoms with E-state index in [2.05, 4.69) is 10.3 Å². The number of amides is 2. The molecule has 6 heteroatoms. The second-order valence-corrected chi connectivity index (χ2v) is 7.05. The number of nitrogens with zero attached hydrogens (tertiary/aromatic N) is 2. The zero-order chi connectivity index (χ0) is 19.3. The lowest BCUT2D eigenvalue weighted by molar-refractivity contribution is 0.207. The largest absolute Gasteiger partial charge is 0.455 e. The van der Waals surface area contributed by atoms with Crippen molar-refractivity contribution in [2.45, 2.75) is 18.9 Å². The van der Waals surface area contributed by atoms with Crippen LogP contribution in [-0.2, 0) is 0 Å². The summed E-state index contributed by atoms with van der Waals surface area (Å²) in [5, 5.41) is 3.51. The van der Waals surface area contributed by atoms with Crippen molar-refractivity contribution in [3.63, 3.8) is 0 Å². The molecule has 0 unspecified atom stereocenters. The fourth-order valence-corrected chi connectivity index (χ4v) is 3.61. The summed E-state index contributed by atoms with van der Waals surface area (Å²) in [6.45, 7) is 0.703. The quantitative estimate of drug-likeness (QED) is 0.600. The Hall–Kier alpha value is -3.05. The van der Waals surface area contributed by atoms with Gasteiger partial charge in [-0.3, -0.25) is 4.98 Å². The standard InChI is InChI=1S/C22H20ClN3O2/c23-17-8-9-21(28-18-5-2-1-3-6-18)19(15-17)25-22(27)26-14-4-7-20(26)16-10-12-24-13-11-16/h1-3,5-6,8-13,15,20H,4,7,14H2,(H,25,27)/t20-/m1/s1. The molecule has 5 nitrogen and oxygen atoms in total. The van der Waals surface area contributed by atoms with Crippen molar-refractivity contribution in [1.29, 1.82) is 0 Å². The molecule has 0 radical (unpaired) electrons. The van der Waals surface area contributed by atoms with E-state index in [0.717, 1.165) is 18.4 Å². The summed E-state index contributed by atoms with van der Waals surface area (Å²) >= 11 is 6.16. The van der Waals surface area contributed by atoms with Crippen LogP contribution in [0.15, 0.2) is 73.1 Å². The Morgan fingerprint density at radius 2 is 1.89 bits per heavy atom. The number of aromatic nitrogens is 1. The Balaban J connectivity index is 1.55. The molecule has 0 aliphatic carbocycles. The third-order valence-corrected chi connectivity index (χ3v) is 4.99. The van der Waals surface area contributed by atoms with Crippen molar-refractivity contribution in [1.82, 2.24) is 9.88 Å². The first kappa shape index (κ1) is 18.3. The second-order valence-electron chi connectivity index (χ2n) is 6.62. The predicted octanol–water partition coefficient (Wildman–Crippen LogP) is 5.90. The molecule has 4 rings (SSSR count). The van der Waals surface area contributed by atoms with Crippen LogP contribution in [0, 0.1) is 0 Å². The van der Waals surface area contributed by atoms with Crippen molar-refractivity contribution in [2.75, 3.05) is 11.9 Å². The van der Waals surface area contributed by atoms with Crippen LogP contribution in [0.1, 0.15) is 24.4 Å². The number of rotatable bonds is 4. The van der Waals surface area contributed by atoms with Crippen molar-refractivity contribution < 1.29 is 9.53 Å². The molecule has 28 heavy (non-hydrogen) atoms. The number of benzene rings is 2. The molecule has 1 N–H and O–H groups in total. The van der Waals surface area contributed by atoms with Gasteiger partial charge in [0.2, 0.25) is 0 Å². The number of carbonyl (C=O) groups is 1. The van der Waals surface area contributed by atoms with Gasteiger partial charge in [0.15, 0.2) is 5.75 Å². The van der Waals surface area contributed by atoms with Gasteiger partial charge in [-0.05, 0) is 60.9 Å². The molecular formula is C22H20ClN3O2. The highest BCUT2D eigenvalue weighted by atomic mass is 35.5. The van der Waals surface area contributed by atoms with Gasteiger partial charge in [0.25, 0.3) is 0 Å². The Bertz CT molecular complexity index is 951. The fraction of sp³-hybridized carbons (Fsp3) is 0.182. The topological polar surface area (TPSA) is 54.5 Å². The molecule has 2 heterocycles. The number of halogens is 1. The van der Waals surface area contributed by atoms with Crippen LogP contribution in [0.2, 0.25) is 5.02 Å². The molecule has 1 atom stereocenters. The van der Waals surface area contributed by atoms with Gasteiger partial charge in [-0.1, -0.05) is 29.8 Å². The van der Waals surface area contributed by atoms with Crippen LogP contribution in [0.3, 0.4) is 0 Å². The zero-order valence-corrected chi connectivity index (χ0v) is 16.0. The molecule has 0 bridgehead atoms. The smallest absolute Gasteiger partial charge is 0.322 e. The van der Waals surface area contributed by atoms with E-state index < -0.39 is 0 Å². The maximum Gasteiger partial charge on any atom is 0.322 e. The van der Waals surface area contributed by atoms with Gasteiger partial charge in [0, 0.05) is 24.0 Å². The number of ether oxygens (including phenoxy) is 1. The number of urea groups is 1. The zero-order valence-electron chi connectivity index (χ0n) is 15.2. The third kappa shape index (κ3) is 4.10. The highest BCUT2D eigenvalue weighted by Crippen LogP contribution is 2.35. The van der Waals surface area contributed by atoms with Crippen molar-refractivity contribution in [3.8, 4) is 11.5 Å². The minimum Gasteiger partial charge on any atom is -0.455 e. The van der Waals surface area contributed by atoms with Crippen LogP contribution in [0.25, 0.3) is 0 Å². The molecule has 142 valence electrons. The van der Waals surface area contributed by atoms with E-state index >= 15 is 0 Å². The van der Waals surface area contributed by atoms with Crippen LogP contribution < -0.4 is 10.1 Å². The summed E-state index contributed by atoms with van der Waals surface area (Å²) < 4.78 is 5.94. The summed E-state index contributed by atoms with van der Waals surface area (Å²) in [7, 11) is 0. The van der Waals surface area contributed by atoms with Crippen LogP contribution in [0.5, 0.6) is 11.5 Å². The lowest BCUT2D eigenvalue weighted by Crippen LogP contribution is -2.34. The Kier molecular flexibility index (Phi) is 5.44. The molecule has 1 fully saturated rings. The highest BCUT2D eigenvalue weighted by Gasteiger charge is 2.30. The van der Waals surface area contributed by atoms with Crippen LogP contribution in [0.4, 0.5) is 10.5 Å². The van der Waals surface area contributed by atoms with Crippen molar-refractivity contribution >= 4 is 23.3 Å². The number of pyridine rings is 1. The number of likely N-dealkylation sites (tertiary alicyclic amines) is 1. The molecule has 0 saturated carbocycles. The summed E-state index contributed by atoms with van der Waals surface area (Å²) in [6.07, 6.45) is 5.41. The average molecular weight is 394 g/mol. The lowest BCUT2D eigenvalue weighted by Gasteiger charge is -2.25. The molecule has 0 spiro atoms. The van der Waals surface area contributed by atoms with Gasteiger partial charge in [-0.15, -0.1) is 0 Å². The van der Waals surface area contributed by atoms with E-state index in [-0.39, 0.29) is 12.1 Å². The monoisotopic (exact) mass is 393 g/mol.